The molecule has 1 aromatic rings. The van der Waals surface area contributed by atoms with Gasteiger partial charge in [-0.15, -0.1) is 0 Å². The van der Waals surface area contributed by atoms with Crippen LogP contribution in [0.2, 0.25) is 0 Å². The first-order valence-corrected chi connectivity index (χ1v) is 19.3. The summed E-state index contributed by atoms with van der Waals surface area (Å²) in [6, 6.07) is 11.4. The van der Waals surface area contributed by atoms with Crippen LogP contribution in [-0.4, -0.2) is 13.1 Å². The van der Waals surface area contributed by atoms with Crippen molar-refractivity contribution in [1.82, 2.24) is 5.32 Å². The molecule has 0 heterocycles. The van der Waals surface area contributed by atoms with Crippen molar-refractivity contribution in [3.8, 4) is 0 Å². The highest BCUT2D eigenvalue weighted by atomic mass is 14.9. The summed E-state index contributed by atoms with van der Waals surface area (Å²) in [7, 11) is 0. The number of nitrogens with one attached hydrogen (secondary N) is 1. The predicted octanol–water partition coefficient (Wildman–Crippen LogP) is 11.0. The first-order valence-electron chi connectivity index (χ1n) is 19.3. The fraction of sp³-hybridized carbons (Fsp3) is 0.674. The molecule has 5 rings (SSSR count). The molecule has 4 aliphatic carbocycles. The van der Waals surface area contributed by atoms with Crippen LogP contribution in [0.3, 0.4) is 0 Å². The maximum Gasteiger partial charge on any atom is 0.0302 e. The molecule has 0 aromatic heterocycles. The van der Waals surface area contributed by atoms with Crippen LogP contribution in [0.4, 0.5) is 0 Å². The van der Waals surface area contributed by atoms with Crippen LogP contribution >= 0.6 is 0 Å². The fourth-order valence-electron chi connectivity index (χ4n) is 10.2. The van der Waals surface area contributed by atoms with Crippen molar-refractivity contribution in [1.29, 1.82) is 0 Å². The molecule has 1 aromatic carbocycles. The zero-order chi connectivity index (χ0) is 31.4. The number of allylic oxidation sites excluding steroid dienone is 6. The first kappa shape index (κ1) is 34.3. The highest BCUT2D eigenvalue weighted by Crippen LogP contribution is 2.51. The van der Waals surface area contributed by atoms with Gasteiger partial charge in [0.25, 0.3) is 0 Å². The Labute approximate surface area is 277 Å². The van der Waals surface area contributed by atoms with E-state index >= 15 is 0 Å². The van der Waals surface area contributed by atoms with Crippen molar-refractivity contribution < 1.29 is 0 Å². The molecule has 3 N–H and O–H groups in total. The lowest BCUT2D eigenvalue weighted by Crippen LogP contribution is -2.39. The Morgan fingerprint density at radius 3 is 2.49 bits per heavy atom. The van der Waals surface area contributed by atoms with Crippen LogP contribution in [0, 0.1) is 53.3 Å². The molecule has 45 heavy (non-hydrogen) atoms. The van der Waals surface area contributed by atoms with Gasteiger partial charge in [-0.1, -0.05) is 113 Å². The third-order valence-corrected chi connectivity index (χ3v) is 12.9. The van der Waals surface area contributed by atoms with Gasteiger partial charge in [0.15, 0.2) is 0 Å². The molecule has 0 saturated heterocycles. The van der Waals surface area contributed by atoms with Crippen LogP contribution in [0.25, 0.3) is 0 Å². The van der Waals surface area contributed by atoms with Crippen LogP contribution in [-0.2, 0) is 0 Å². The summed E-state index contributed by atoms with van der Waals surface area (Å²) in [6.07, 6.45) is 35.9. The van der Waals surface area contributed by atoms with E-state index in [1.54, 1.807) is 0 Å². The molecule has 10 atom stereocenters. The minimum atomic E-state index is 0.582. The maximum atomic E-state index is 5.78. The van der Waals surface area contributed by atoms with Crippen LogP contribution < -0.4 is 11.1 Å². The van der Waals surface area contributed by atoms with Gasteiger partial charge in [-0.05, 0) is 129 Å². The van der Waals surface area contributed by atoms with Gasteiger partial charge in [-0.3, -0.25) is 0 Å². The molecule has 0 radical (unpaired) electrons. The summed E-state index contributed by atoms with van der Waals surface area (Å²) in [6.45, 7) is 9.29. The van der Waals surface area contributed by atoms with Gasteiger partial charge >= 0.3 is 0 Å². The minimum Gasteiger partial charge on any atom is -0.385 e. The number of rotatable bonds is 16. The molecule has 2 saturated carbocycles. The predicted molar refractivity (Wildman–Crippen MR) is 195 cm³/mol. The average Bonchev–Trinajstić information content (AvgIpc) is 3.09. The van der Waals surface area contributed by atoms with Gasteiger partial charge in [0.1, 0.15) is 0 Å². The highest BCUT2D eigenvalue weighted by molar-refractivity contribution is 5.28. The molecule has 4 aliphatic rings. The highest BCUT2D eigenvalue weighted by Gasteiger charge is 2.41. The zero-order valence-electron chi connectivity index (χ0n) is 29.1. The van der Waals surface area contributed by atoms with Crippen molar-refractivity contribution in [3.05, 3.63) is 84.1 Å². The van der Waals surface area contributed by atoms with E-state index in [0.717, 1.165) is 42.1 Å². The summed E-state index contributed by atoms with van der Waals surface area (Å²) in [5, 5.41) is 4.00. The average molecular weight is 611 g/mol. The number of fused-ring (bicyclic) bond motifs is 2. The second kappa shape index (κ2) is 17.7. The molecule has 0 amide bonds. The molecule has 10 unspecified atom stereocenters. The molecule has 2 heteroatoms. The normalized spacial score (nSPS) is 30.6. The lowest BCUT2D eigenvalue weighted by Gasteiger charge is -2.48. The van der Waals surface area contributed by atoms with Gasteiger partial charge < -0.3 is 11.1 Å². The van der Waals surface area contributed by atoms with Gasteiger partial charge in [0, 0.05) is 24.7 Å². The summed E-state index contributed by atoms with van der Waals surface area (Å²) >= 11 is 0. The quantitative estimate of drug-likeness (QED) is 0.183. The molecule has 2 nitrogen and oxygen atoms in total. The summed E-state index contributed by atoms with van der Waals surface area (Å²) in [4.78, 5) is 0. The molecule has 0 aliphatic heterocycles. The Bertz CT molecular complexity index is 1110. The standard InChI is InChI=1S/C43H66N2/c1-4-33(35-15-7-6-8-16-35)29-34(5-2)39(31-45-40-26-24-36-17-9-10-19-38(36)30-40)23-22-32(3)41-27-25-37(18-13-14-28-44)42-20-11-12-21-43(41)42/h6-8,10,13-16,19,24,26,30,32-34,36-39,41-43,45H,4-5,9,11-12,17-18,20-23,25,27-29,31,44H2,1-3H3/b14-13-. The van der Waals surface area contributed by atoms with Crippen LogP contribution in [0.5, 0.6) is 0 Å². The molecular formula is C43H66N2. The first-order chi connectivity index (χ1) is 22.1. The fourth-order valence-corrected chi connectivity index (χ4v) is 10.2. The largest absolute Gasteiger partial charge is 0.385 e. The number of hydrogen-bond acceptors (Lipinski definition) is 2. The van der Waals surface area contributed by atoms with E-state index in [0.29, 0.717) is 30.2 Å². The molecular weight excluding hydrogens is 544 g/mol. The molecule has 2 fully saturated rings. The summed E-state index contributed by atoms with van der Waals surface area (Å²) < 4.78 is 0. The van der Waals surface area contributed by atoms with Crippen molar-refractivity contribution in [2.24, 2.45) is 59.0 Å². The Morgan fingerprint density at radius 1 is 0.889 bits per heavy atom. The van der Waals surface area contributed by atoms with E-state index in [4.69, 9.17) is 5.73 Å². The monoisotopic (exact) mass is 611 g/mol. The SMILES string of the molecule is CCC(CC(CC)C(CCC(C)C1CCC(C/C=C\CN)C2CCCCC12)CNC1=CC2C=CCCC2C=C1)c1ccccc1. The van der Waals surface area contributed by atoms with Gasteiger partial charge in [0.2, 0.25) is 0 Å². The molecule has 0 bridgehead atoms. The second-order valence-electron chi connectivity index (χ2n) is 15.4. The molecule has 248 valence electrons. The lowest BCUT2D eigenvalue weighted by molar-refractivity contribution is 0.0213. The van der Waals surface area contributed by atoms with Gasteiger partial charge in [0.05, 0.1) is 0 Å². The Balaban J connectivity index is 1.26. The van der Waals surface area contributed by atoms with Crippen LogP contribution in [0.15, 0.2) is 78.6 Å². The topological polar surface area (TPSA) is 38.0 Å². The third-order valence-electron chi connectivity index (χ3n) is 12.9. The Hall–Kier alpha value is -2.06. The third kappa shape index (κ3) is 9.27. The summed E-state index contributed by atoms with van der Waals surface area (Å²) in [5.41, 5.74) is 8.67. The number of hydrogen-bond donors (Lipinski definition) is 2. The lowest BCUT2D eigenvalue weighted by atomic mass is 9.57. The van der Waals surface area contributed by atoms with Crippen molar-refractivity contribution in [3.63, 3.8) is 0 Å². The van der Waals surface area contributed by atoms with Gasteiger partial charge in [-0.25, -0.2) is 0 Å². The van der Waals surface area contributed by atoms with Crippen molar-refractivity contribution in [2.75, 3.05) is 13.1 Å². The number of benzene rings is 1. The molecule has 0 spiro atoms. The second-order valence-corrected chi connectivity index (χ2v) is 15.4. The van der Waals surface area contributed by atoms with Crippen molar-refractivity contribution >= 4 is 0 Å². The van der Waals surface area contributed by atoms with Gasteiger partial charge in [-0.2, -0.15) is 0 Å². The zero-order valence-corrected chi connectivity index (χ0v) is 29.1. The Morgan fingerprint density at radius 2 is 1.71 bits per heavy atom. The van der Waals surface area contributed by atoms with Crippen LogP contribution in [0.1, 0.15) is 122 Å². The number of nitrogens with two attached hydrogens (primary N) is 1. The van der Waals surface area contributed by atoms with E-state index in [9.17, 15) is 0 Å². The van der Waals surface area contributed by atoms with E-state index in [2.05, 4.69) is 99.0 Å². The van der Waals surface area contributed by atoms with E-state index in [1.807, 2.05) is 0 Å². The van der Waals surface area contributed by atoms with Crippen molar-refractivity contribution in [2.45, 2.75) is 117 Å². The van der Waals surface area contributed by atoms with E-state index < -0.39 is 0 Å². The van der Waals surface area contributed by atoms with E-state index in [1.165, 1.54) is 101 Å². The minimum absolute atomic E-state index is 0.582. The maximum absolute atomic E-state index is 5.78. The smallest absolute Gasteiger partial charge is 0.0302 e. The summed E-state index contributed by atoms with van der Waals surface area (Å²) in [5.74, 6) is 7.94. The van der Waals surface area contributed by atoms with E-state index in [-0.39, 0.29) is 0 Å². The Kier molecular flexibility index (Phi) is 13.5.